The van der Waals surface area contributed by atoms with Crippen molar-refractivity contribution < 1.29 is 19.4 Å². The number of fused-ring (bicyclic) bond motifs is 1. The highest BCUT2D eigenvalue weighted by molar-refractivity contribution is 5.87. The molecule has 3 rings (SSSR count). The van der Waals surface area contributed by atoms with Crippen molar-refractivity contribution in [2.24, 2.45) is 7.05 Å². The van der Waals surface area contributed by atoms with E-state index in [0.29, 0.717) is 19.0 Å². The summed E-state index contributed by atoms with van der Waals surface area (Å²) in [5.74, 6) is 0.641. The van der Waals surface area contributed by atoms with Gasteiger partial charge < -0.3 is 14.6 Å². The molecule has 1 aliphatic heterocycles. The smallest absolute Gasteiger partial charge is 0.356 e. The molecule has 0 saturated carbocycles. The fourth-order valence-electron chi connectivity index (χ4n) is 2.63. The Labute approximate surface area is 128 Å². The van der Waals surface area contributed by atoms with Crippen molar-refractivity contribution in [2.75, 3.05) is 13.2 Å². The van der Waals surface area contributed by atoms with Crippen molar-refractivity contribution in [3.05, 3.63) is 29.5 Å². The van der Waals surface area contributed by atoms with Crippen LogP contribution in [0.5, 0.6) is 11.5 Å². The molecule has 1 aromatic heterocycles. The van der Waals surface area contributed by atoms with Crippen molar-refractivity contribution in [3.8, 4) is 22.8 Å². The van der Waals surface area contributed by atoms with Gasteiger partial charge in [-0.3, -0.25) is 4.68 Å². The molecule has 0 atom stereocenters. The third-order valence-corrected chi connectivity index (χ3v) is 3.71. The van der Waals surface area contributed by atoms with Crippen LogP contribution in [0, 0.1) is 0 Å². The van der Waals surface area contributed by atoms with Gasteiger partial charge in [0, 0.05) is 12.6 Å². The molecular weight excluding hydrogens is 284 g/mol. The van der Waals surface area contributed by atoms with Gasteiger partial charge >= 0.3 is 5.97 Å². The lowest BCUT2D eigenvalue weighted by atomic mass is 9.94. The second-order valence-corrected chi connectivity index (χ2v) is 5.58. The number of ether oxygens (including phenoxy) is 2. The van der Waals surface area contributed by atoms with E-state index >= 15 is 0 Å². The first kappa shape index (κ1) is 14.4. The van der Waals surface area contributed by atoms with E-state index in [1.165, 1.54) is 0 Å². The van der Waals surface area contributed by atoms with Crippen LogP contribution in [0.2, 0.25) is 0 Å². The van der Waals surface area contributed by atoms with E-state index in [-0.39, 0.29) is 11.6 Å². The van der Waals surface area contributed by atoms with Gasteiger partial charge in [-0.25, -0.2) is 4.79 Å². The molecule has 0 spiro atoms. The predicted octanol–water partition coefficient (Wildman–Crippen LogP) is 2.68. The number of aromatic nitrogens is 2. The van der Waals surface area contributed by atoms with Crippen molar-refractivity contribution in [2.45, 2.75) is 19.8 Å². The minimum atomic E-state index is -1.04. The quantitative estimate of drug-likeness (QED) is 0.943. The van der Waals surface area contributed by atoms with Crippen LogP contribution in [0.3, 0.4) is 0 Å². The lowest BCUT2D eigenvalue weighted by molar-refractivity contribution is 0.0689. The zero-order chi connectivity index (χ0) is 15.9. The van der Waals surface area contributed by atoms with Crippen LogP contribution in [-0.2, 0) is 7.05 Å². The van der Waals surface area contributed by atoms with Gasteiger partial charge in [0.2, 0.25) is 0 Å². The third kappa shape index (κ3) is 2.41. The van der Waals surface area contributed by atoms with Crippen LogP contribution in [0.1, 0.15) is 35.8 Å². The molecule has 0 unspecified atom stereocenters. The number of aryl methyl sites for hydroxylation is 1. The molecular formula is C16H18N2O4. The monoisotopic (exact) mass is 302 g/mol. The molecule has 0 fully saturated rings. The highest BCUT2D eigenvalue weighted by atomic mass is 16.6. The summed E-state index contributed by atoms with van der Waals surface area (Å²) in [5.41, 5.74) is 2.77. The van der Waals surface area contributed by atoms with E-state index < -0.39 is 5.97 Å². The fraction of sp³-hybridized carbons (Fsp3) is 0.375. The number of benzene rings is 1. The molecule has 0 aliphatic carbocycles. The summed E-state index contributed by atoms with van der Waals surface area (Å²) in [5, 5.41) is 13.2. The van der Waals surface area contributed by atoms with Crippen molar-refractivity contribution >= 4 is 5.97 Å². The number of nitrogens with zero attached hydrogens (tertiary/aromatic N) is 2. The van der Waals surface area contributed by atoms with E-state index in [1.54, 1.807) is 17.8 Å². The maximum Gasteiger partial charge on any atom is 0.356 e. The van der Waals surface area contributed by atoms with Crippen LogP contribution in [0.25, 0.3) is 11.3 Å². The number of carboxylic acid groups (broad SMARTS) is 1. The summed E-state index contributed by atoms with van der Waals surface area (Å²) in [6.07, 6.45) is 0. The van der Waals surface area contributed by atoms with Gasteiger partial charge in [-0.15, -0.1) is 0 Å². The molecule has 1 N–H and O–H groups in total. The zero-order valence-corrected chi connectivity index (χ0v) is 12.8. The van der Waals surface area contributed by atoms with Crippen LogP contribution in [0.15, 0.2) is 18.2 Å². The number of hydrogen-bond donors (Lipinski definition) is 1. The lowest BCUT2D eigenvalue weighted by Crippen LogP contribution is -2.16. The molecule has 116 valence electrons. The van der Waals surface area contributed by atoms with Crippen molar-refractivity contribution in [1.82, 2.24) is 9.78 Å². The minimum absolute atomic E-state index is 0.0297. The van der Waals surface area contributed by atoms with Crippen molar-refractivity contribution in [1.29, 1.82) is 0 Å². The number of hydrogen-bond acceptors (Lipinski definition) is 4. The summed E-state index contributed by atoms with van der Waals surface area (Å²) in [7, 11) is 1.74. The molecule has 22 heavy (non-hydrogen) atoms. The SMILES string of the molecule is CC(C)c1cc2c(cc1-c1cc(C(=O)O)nn1C)OCCO2. The Bertz CT molecular complexity index is 734. The second-order valence-electron chi connectivity index (χ2n) is 5.58. The molecule has 2 heterocycles. The Morgan fingerprint density at radius 1 is 1.23 bits per heavy atom. The average molecular weight is 302 g/mol. The van der Waals surface area contributed by atoms with Crippen LogP contribution < -0.4 is 9.47 Å². The molecule has 6 nitrogen and oxygen atoms in total. The molecule has 0 saturated heterocycles. The van der Waals surface area contributed by atoms with Gasteiger partial charge in [0.1, 0.15) is 13.2 Å². The molecule has 0 amide bonds. The molecule has 1 aromatic carbocycles. The minimum Gasteiger partial charge on any atom is -0.486 e. The molecule has 1 aliphatic rings. The standard InChI is InChI=1S/C16H18N2O4/c1-9(2)10-6-14-15(22-5-4-21-14)7-11(10)13-8-12(16(19)20)17-18(13)3/h6-9H,4-5H2,1-3H3,(H,19,20). The average Bonchev–Trinajstić information content (AvgIpc) is 2.88. The third-order valence-electron chi connectivity index (χ3n) is 3.71. The zero-order valence-electron chi connectivity index (χ0n) is 12.8. The Morgan fingerprint density at radius 2 is 1.86 bits per heavy atom. The van der Waals surface area contributed by atoms with Gasteiger partial charge in [-0.1, -0.05) is 13.8 Å². The number of carbonyl (C=O) groups is 1. The first-order valence-electron chi connectivity index (χ1n) is 7.18. The highest BCUT2D eigenvalue weighted by Gasteiger charge is 2.21. The summed E-state index contributed by atoms with van der Waals surface area (Å²) in [4.78, 5) is 11.1. The van der Waals surface area contributed by atoms with Crippen LogP contribution in [0.4, 0.5) is 0 Å². The summed E-state index contributed by atoms with van der Waals surface area (Å²) < 4.78 is 12.9. The number of rotatable bonds is 3. The number of aromatic carboxylic acids is 1. The molecule has 2 aromatic rings. The van der Waals surface area contributed by atoms with Crippen LogP contribution >= 0.6 is 0 Å². The van der Waals surface area contributed by atoms with Gasteiger partial charge in [-0.05, 0) is 29.7 Å². The lowest BCUT2D eigenvalue weighted by Gasteiger charge is -2.22. The van der Waals surface area contributed by atoms with Gasteiger partial charge in [0.05, 0.1) is 5.69 Å². The van der Waals surface area contributed by atoms with E-state index in [4.69, 9.17) is 14.6 Å². The van der Waals surface area contributed by atoms with E-state index in [2.05, 4.69) is 18.9 Å². The summed E-state index contributed by atoms with van der Waals surface area (Å²) >= 11 is 0. The van der Waals surface area contributed by atoms with Crippen LogP contribution in [-0.4, -0.2) is 34.1 Å². The first-order valence-corrected chi connectivity index (χ1v) is 7.18. The highest BCUT2D eigenvalue weighted by Crippen LogP contribution is 2.40. The normalized spacial score (nSPS) is 13.5. The largest absolute Gasteiger partial charge is 0.486 e. The fourth-order valence-corrected chi connectivity index (χ4v) is 2.63. The van der Waals surface area contributed by atoms with E-state index in [9.17, 15) is 4.79 Å². The molecule has 0 radical (unpaired) electrons. The van der Waals surface area contributed by atoms with Gasteiger partial charge in [0.15, 0.2) is 17.2 Å². The second kappa shape index (κ2) is 5.36. The Hall–Kier alpha value is -2.50. The Balaban J connectivity index is 2.18. The Morgan fingerprint density at radius 3 is 2.41 bits per heavy atom. The maximum atomic E-state index is 11.1. The van der Waals surface area contributed by atoms with Gasteiger partial charge in [-0.2, -0.15) is 5.10 Å². The van der Waals surface area contributed by atoms with Crippen molar-refractivity contribution in [3.63, 3.8) is 0 Å². The molecule has 6 heteroatoms. The van der Waals surface area contributed by atoms with E-state index in [0.717, 1.165) is 22.6 Å². The summed E-state index contributed by atoms with van der Waals surface area (Å²) in [6, 6.07) is 5.47. The van der Waals surface area contributed by atoms with E-state index in [1.807, 2.05) is 12.1 Å². The predicted molar refractivity (Wildman–Crippen MR) is 80.7 cm³/mol. The Kier molecular flexibility index (Phi) is 3.52. The summed E-state index contributed by atoms with van der Waals surface area (Å²) in [6.45, 7) is 5.23. The topological polar surface area (TPSA) is 73.6 Å². The molecule has 0 bridgehead atoms. The maximum absolute atomic E-state index is 11.1. The number of carboxylic acids is 1. The first-order chi connectivity index (χ1) is 10.5. The van der Waals surface area contributed by atoms with Gasteiger partial charge in [0.25, 0.3) is 0 Å².